The maximum Gasteiger partial charge on any atom is 0.217 e. The molecule has 4 nitrogen and oxygen atoms in total. The molecule has 0 amide bonds. The van der Waals surface area contributed by atoms with E-state index in [1.54, 1.807) is 24.3 Å². The number of carbonyl (C=O) groups is 1. The molecule has 1 aliphatic heterocycles. The van der Waals surface area contributed by atoms with Gasteiger partial charge in [-0.25, -0.2) is 0 Å². The van der Waals surface area contributed by atoms with Crippen molar-refractivity contribution < 1.29 is 14.7 Å². The topological polar surface area (TPSA) is 58.9 Å². The van der Waals surface area contributed by atoms with Crippen LogP contribution in [0.4, 0.5) is 0 Å². The van der Waals surface area contributed by atoms with Crippen molar-refractivity contribution in [2.75, 3.05) is 6.61 Å². The minimum absolute atomic E-state index is 0.0341. The van der Waals surface area contributed by atoms with E-state index in [4.69, 9.17) is 9.94 Å². The van der Waals surface area contributed by atoms with Crippen LogP contribution in [0.1, 0.15) is 10.4 Å². The number of para-hydroxylation sites is 1. The summed E-state index contributed by atoms with van der Waals surface area (Å²) in [5.74, 6) is 0.268. The molecule has 0 atom stereocenters. The maximum atomic E-state index is 11.5. The molecule has 0 unspecified atom stereocenters. The summed E-state index contributed by atoms with van der Waals surface area (Å²) in [6, 6.07) is 6.87. The summed E-state index contributed by atoms with van der Waals surface area (Å²) in [6.45, 7) is 0.0341. The molecule has 2 rings (SSSR count). The van der Waals surface area contributed by atoms with Gasteiger partial charge in [-0.15, -0.1) is 0 Å². The molecule has 0 saturated heterocycles. The summed E-state index contributed by atoms with van der Waals surface area (Å²) in [4.78, 5) is 11.5. The molecule has 0 spiro atoms. The number of carbonyl (C=O) groups excluding carboxylic acids is 1. The third-order valence-corrected chi connectivity index (χ3v) is 1.88. The number of fused-ring (bicyclic) bond motifs is 1. The van der Waals surface area contributed by atoms with E-state index in [0.717, 1.165) is 0 Å². The lowest BCUT2D eigenvalue weighted by atomic mass is 10.0. The van der Waals surface area contributed by atoms with Crippen molar-refractivity contribution in [3.05, 3.63) is 29.8 Å². The highest BCUT2D eigenvalue weighted by Gasteiger charge is 2.24. The van der Waals surface area contributed by atoms with Gasteiger partial charge in [-0.1, -0.05) is 17.3 Å². The first-order chi connectivity index (χ1) is 6.33. The van der Waals surface area contributed by atoms with Gasteiger partial charge >= 0.3 is 0 Å². The fraction of sp³-hybridized carbons (Fsp3) is 0.111. The van der Waals surface area contributed by atoms with Crippen LogP contribution in [-0.4, -0.2) is 23.3 Å². The van der Waals surface area contributed by atoms with Crippen molar-refractivity contribution in [1.29, 1.82) is 0 Å². The highest BCUT2D eigenvalue weighted by molar-refractivity contribution is 6.47. The number of oxime groups is 1. The Hall–Kier alpha value is -1.84. The third-order valence-electron chi connectivity index (χ3n) is 1.88. The van der Waals surface area contributed by atoms with Gasteiger partial charge in [0, 0.05) is 0 Å². The molecule has 0 fully saturated rings. The Kier molecular flexibility index (Phi) is 1.73. The SMILES string of the molecule is O=C1C(=NO)COc2ccccc21. The number of nitrogens with zero attached hydrogens (tertiary/aromatic N) is 1. The van der Waals surface area contributed by atoms with Gasteiger partial charge in [0.2, 0.25) is 5.78 Å². The lowest BCUT2D eigenvalue weighted by Crippen LogP contribution is -2.27. The summed E-state index contributed by atoms with van der Waals surface area (Å²) in [5.41, 5.74) is 0.486. The average Bonchev–Trinajstić information content (AvgIpc) is 2.19. The quantitative estimate of drug-likeness (QED) is 0.476. The van der Waals surface area contributed by atoms with Crippen LogP contribution in [0.25, 0.3) is 0 Å². The van der Waals surface area contributed by atoms with Crippen molar-refractivity contribution in [3.8, 4) is 5.75 Å². The van der Waals surface area contributed by atoms with Crippen LogP contribution < -0.4 is 4.74 Å². The summed E-state index contributed by atoms with van der Waals surface area (Å²) in [6.07, 6.45) is 0. The number of Topliss-reactive ketones (excluding diaryl/α,β-unsaturated/α-hetero) is 1. The highest BCUT2D eigenvalue weighted by atomic mass is 16.5. The molecule has 0 aliphatic carbocycles. The summed E-state index contributed by atoms with van der Waals surface area (Å²) < 4.78 is 5.19. The van der Waals surface area contributed by atoms with Gasteiger partial charge in [-0.3, -0.25) is 4.79 Å². The number of ether oxygens (including phenoxy) is 1. The highest BCUT2D eigenvalue weighted by Crippen LogP contribution is 2.22. The zero-order valence-electron chi connectivity index (χ0n) is 6.73. The predicted octanol–water partition coefficient (Wildman–Crippen LogP) is 1.09. The van der Waals surface area contributed by atoms with E-state index in [9.17, 15) is 4.79 Å². The largest absolute Gasteiger partial charge is 0.486 e. The molecule has 1 aliphatic rings. The normalized spacial score (nSPS) is 18.2. The molecule has 1 aromatic carbocycles. The second kappa shape index (κ2) is 2.90. The molecule has 66 valence electrons. The molecule has 0 aromatic heterocycles. The van der Waals surface area contributed by atoms with Crippen LogP contribution >= 0.6 is 0 Å². The van der Waals surface area contributed by atoms with Gasteiger partial charge < -0.3 is 9.94 Å². The van der Waals surface area contributed by atoms with Crippen LogP contribution in [0.2, 0.25) is 0 Å². The Morgan fingerprint density at radius 2 is 2.15 bits per heavy atom. The Morgan fingerprint density at radius 1 is 1.38 bits per heavy atom. The second-order valence-electron chi connectivity index (χ2n) is 2.66. The van der Waals surface area contributed by atoms with E-state index < -0.39 is 0 Å². The molecule has 13 heavy (non-hydrogen) atoms. The van der Waals surface area contributed by atoms with Crippen LogP contribution in [0.3, 0.4) is 0 Å². The van der Waals surface area contributed by atoms with Crippen molar-refractivity contribution in [2.24, 2.45) is 5.16 Å². The zero-order valence-corrected chi connectivity index (χ0v) is 6.73. The second-order valence-corrected chi connectivity index (χ2v) is 2.66. The Labute approximate surface area is 74.4 Å². The van der Waals surface area contributed by atoms with Gasteiger partial charge in [-0.05, 0) is 12.1 Å². The third kappa shape index (κ3) is 1.16. The molecular weight excluding hydrogens is 170 g/mol. The van der Waals surface area contributed by atoms with Crippen LogP contribution in [0.5, 0.6) is 5.75 Å². The molecule has 1 aromatic rings. The first kappa shape index (κ1) is 7.79. The van der Waals surface area contributed by atoms with Crippen molar-refractivity contribution in [2.45, 2.75) is 0 Å². The van der Waals surface area contributed by atoms with Crippen LogP contribution in [-0.2, 0) is 0 Å². The number of ketones is 1. The Balaban J connectivity index is 2.51. The lowest BCUT2D eigenvalue weighted by molar-refractivity contribution is 0.104. The molecule has 0 saturated carbocycles. The van der Waals surface area contributed by atoms with E-state index in [2.05, 4.69) is 5.16 Å². The summed E-state index contributed by atoms with van der Waals surface area (Å²) >= 11 is 0. The molecule has 4 heteroatoms. The Bertz CT molecular complexity index is 384. The number of hydrogen-bond donors (Lipinski definition) is 1. The summed E-state index contributed by atoms with van der Waals surface area (Å²) in [7, 11) is 0. The van der Waals surface area contributed by atoms with Crippen molar-refractivity contribution in [3.63, 3.8) is 0 Å². The summed E-state index contributed by atoms with van der Waals surface area (Å²) in [5, 5.41) is 11.3. The lowest BCUT2D eigenvalue weighted by Gasteiger charge is -2.15. The number of rotatable bonds is 0. The monoisotopic (exact) mass is 177 g/mol. The number of hydrogen-bond acceptors (Lipinski definition) is 4. The molecule has 0 bridgehead atoms. The van der Waals surface area contributed by atoms with E-state index in [-0.39, 0.29) is 18.1 Å². The van der Waals surface area contributed by atoms with E-state index in [0.29, 0.717) is 11.3 Å². The van der Waals surface area contributed by atoms with E-state index in [1.165, 1.54) is 0 Å². The zero-order chi connectivity index (χ0) is 9.26. The Morgan fingerprint density at radius 3 is 2.92 bits per heavy atom. The van der Waals surface area contributed by atoms with Gasteiger partial charge in [0.15, 0.2) is 5.71 Å². The molecule has 1 N–H and O–H groups in total. The smallest absolute Gasteiger partial charge is 0.217 e. The van der Waals surface area contributed by atoms with E-state index >= 15 is 0 Å². The fourth-order valence-electron chi connectivity index (χ4n) is 1.22. The van der Waals surface area contributed by atoms with Crippen molar-refractivity contribution >= 4 is 11.5 Å². The van der Waals surface area contributed by atoms with Crippen LogP contribution in [0, 0.1) is 0 Å². The maximum absolute atomic E-state index is 11.5. The fourth-order valence-corrected chi connectivity index (χ4v) is 1.22. The van der Waals surface area contributed by atoms with Gasteiger partial charge in [0.05, 0.1) is 5.56 Å². The number of benzene rings is 1. The minimum atomic E-state index is -0.274. The van der Waals surface area contributed by atoms with E-state index in [1.807, 2.05) is 0 Å². The molecule has 0 radical (unpaired) electrons. The van der Waals surface area contributed by atoms with Gasteiger partial charge in [0.1, 0.15) is 12.4 Å². The van der Waals surface area contributed by atoms with Gasteiger partial charge in [-0.2, -0.15) is 0 Å². The molecular formula is C9H7NO3. The van der Waals surface area contributed by atoms with Crippen molar-refractivity contribution in [1.82, 2.24) is 0 Å². The average molecular weight is 177 g/mol. The first-order valence-corrected chi connectivity index (χ1v) is 3.80. The predicted molar refractivity (Wildman–Crippen MR) is 45.5 cm³/mol. The van der Waals surface area contributed by atoms with Crippen LogP contribution in [0.15, 0.2) is 29.4 Å². The minimum Gasteiger partial charge on any atom is -0.486 e. The standard InChI is InChI=1S/C9H7NO3/c11-9-6-3-1-2-4-8(6)13-5-7(9)10-12/h1-4,12H,5H2. The van der Waals surface area contributed by atoms with Gasteiger partial charge in [0.25, 0.3) is 0 Å². The first-order valence-electron chi connectivity index (χ1n) is 3.80. The molecule has 1 heterocycles.